The molecular weight excluding hydrogens is 313 g/mol. The topological polar surface area (TPSA) is 58.4 Å². The number of amides is 1. The number of nitrogens with zero attached hydrogens (tertiary/aromatic N) is 1. The second kappa shape index (κ2) is 6.75. The average molecular weight is 332 g/mol. The van der Waals surface area contributed by atoms with E-state index in [0.29, 0.717) is 22.4 Å². The number of rotatable bonds is 5. The molecule has 1 aromatic carbocycles. The molecule has 0 saturated heterocycles. The Kier molecular flexibility index (Phi) is 5.60. The zero-order chi connectivity index (χ0) is 14.6. The number of hydrogen-bond donors (Lipinski definition) is 2. The van der Waals surface area contributed by atoms with Crippen LogP contribution < -0.4 is 16.0 Å². The predicted molar refractivity (Wildman–Crippen MR) is 79.7 cm³/mol. The van der Waals surface area contributed by atoms with Crippen molar-refractivity contribution < 1.29 is 9.18 Å². The molecule has 4 nitrogen and oxygen atoms in total. The minimum Gasteiger partial charge on any atom is -0.397 e. The maximum atomic E-state index is 13.3. The highest BCUT2D eigenvalue weighted by atomic mass is 79.9. The van der Waals surface area contributed by atoms with E-state index in [1.165, 1.54) is 6.07 Å². The highest BCUT2D eigenvalue weighted by molar-refractivity contribution is 9.10. The second-order valence-electron chi connectivity index (χ2n) is 4.56. The van der Waals surface area contributed by atoms with Crippen LogP contribution in [0.1, 0.15) is 20.8 Å². The third-order valence-electron chi connectivity index (χ3n) is 2.58. The average Bonchev–Trinajstić information content (AvgIpc) is 2.30. The van der Waals surface area contributed by atoms with Gasteiger partial charge in [0.05, 0.1) is 22.4 Å². The van der Waals surface area contributed by atoms with Gasteiger partial charge in [0.15, 0.2) is 0 Å². The summed E-state index contributed by atoms with van der Waals surface area (Å²) in [5.41, 5.74) is 6.78. The Morgan fingerprint density at radius 1 is 1.53 bits per heavy atom. The molecule has 106 valence electrons. The van der Waals surface area contributed by atoms with Crippen molar-refractivity contribution in [3.05, 3.63) is 22.4 Å². The summed E-state index contributed by atoms with van der Waals surface area (Å²) in [5, 5.41) is 2.82. The fourth-order valence-corrected chi connectivity index (χ4v) is 2.07. The van der Waals surface area contributed by atoms with E-state index in [0.717, 1.165) is 0 Å². The minimum atomic E-state index is -0.413. The van der Waals surface area contributed by atoms with Crippen LogP contribution in [0.5, 0.6) is 0 Å². The summed E-state index contributed by atoms with van der Waals surface area (Å²) >= 11 is 3.13. The molecule has 0 aliphatic carbocycles. The summed E-state index contributed by atoms with van der Waals surface area (Å²) in [4.78, 5) is 13.6. The molecule has 0 heterocycles. The first-order valence-corrected chi connectivity index (χ1v) is 6.93. The van der Waals surface area contributed by atoms with Crippen molar-refractivity contribution in [2.75, 3.05) is 23.7 Å². The molecule has 1 rings (SSSR count). The molecule has 0 fully saturated rings. The molecule has 0 aliphatic rings. The lowest BCUT2D eigenvalue weighted by Gasteiger charge is -2.25. The van der Waals surface area contributed by atoms with Crippen molar-refractivity contribution in [1.82, 2.24) is 5.32 Å². The summed E-state index contributed by atoms with van der Waals surface area (Å²) < 4.78 is 13.7. The maximum absolute atomic E-state index is 13.3. The van der Waals surface area contributed by atoms with Gasteiger partial charge in [-0.05, 0) is 42.8 Å². The molecule has 6 heteroatoms. The van der Waals surface area contributed by atoms with Crippen LogP contribution in [0.2, 0.25) is 0 Å². The Labute approximate surface area is 121 Å². The van der Waals surface area contributed by atoms with Gasteiger partial charge in [-0.1, -0.05) is 0 Å². The van der Waals surface area contributed by atoms with E-state index in [4.69, 9.17) is 5.73 Å². The highest BCUT2D eigenvalue weighted by Gasteiger charge is 2.15. The summed E-state index contributed by atoms with van der Waals surface area (Å²) in [5.74, 6) is -0.499. The van der Waals surface area contributed by atoms with Gasteiger partial charge in [0, 0.05) is 18.7 Å². The van der Waals surface area contributed by atoms with Crippen molar-refractivity contribution in [2.24, 2.45) is 0 Å². The van der Waals surface area contributed by atoms with Gasteiger partial charge < -0.3 is 16.0 Å². The van der Waals surface area contributed by atoms with E-state index in [-0.39, 0.29) is 18.5 Å². The van der Waals surface area contributed by atoms with E-state index in [1.807, 2.05) is 20.8 Å². The molecule has 0 aromatic heterocycles. The molecule has 0 radical (unpaired) electrons. The number of nitrogens with one attached hydrogen (secondary N) is 1. The maximum Gasteiger partial charge on any atom is 0.239 e. The minimum absolute atomic E-state index is 0.0864. The number of carbonyl (C=O) groups excluding carboxylic acids is 1. The van der Waals surface area contributed by atoms with E-state index < -0.39 is 5.82 Å². The number of nitrogen functional groups attached to an aromatic ring is 1. The first kappa shape index (κ1) is 15.8. The van der Waals surface area contributed by atoms with Crippen LogP contribution in [0.15, 0.2) is 16.6 Å². The quantitative estimate of drug-likeness (QED) is 0.815. The normalized spacial score (nSPS) is 10.6. The van der Waals surface area contributed by atoms with Gasteiger partial charge in [-0.15, -0.1) is 0 Å². The molecule has 1 amide bonds. The van der Waals surface area contributed by atoms with Crippen molar-refractivity contribution in [3.8, 4) is 0 Å². The van der Waals surface area contributed by atoms with Crippen molar-refractivity contribution in [3.63, 3.8) is 0 Å². The zero-order valence-electron chi connectivity index (χ0n) is 11.3. The van der Waals surface area contributed by atoms with Crippen LogP contribution in [0.3, 0.4) is 0 Å². The number of halogens is 2. The summed E-state index contributed by atoms with van der Waals surface area (Å²) in [7, 11) is 0. The summed E-state index contributed by atoms with van der Waals surface area (Å²) in [6, 6.07) is 2.93. The van der Waals surface area contributed by atoms with Gasteiger partial charge in [-0.2, -0.15) is 0 Å². The van der Waals surface area contributed by atoms with Gasteiger partial charge in [0.25, 0.3) is 0 Å². The number of likely N-dealkylation sites (N-methyl/N-ethyl adjacent to an activating group) is 1. The van der Waals surface area contributed by atoms with Gasteiger partial charge >= 0.3 is 0 Å². The Morgan fingerprint density at radius 3 is 2.68 bits per heavy atom. The smallest absolute Gasteiger partial charge is 0.239 e. The second-order valence-corrected chi connectivity index (χ2v) is 5.42. The SMILES string of the molecule is CCN(CC(=O)NC(C)C)c1cc(Br)c(F)cc1N. The van der Waals surface area contributed by atoms with E-state index >= 15 is 0 Å². The Morgan fingerprint density at radius 2 is 2.16 bits per heavy atom. The number of nitrogens with two attached hydrogens (primary N) is 1. The highest BCUT2D eigenvalue weighted by Crippen LogP contribution is 2.29. The molecule has 0 aliphatic heterocycles. The molecule has 0 spiro atoms. The standard InChI is InChI=1S/C13H19BrFN3O/c1-4-18(7-13(19)17-8(2)3)12-5-9(14)10(15)6-11(12)16/h5-6,8H,4,7,16H2,1-3H3,(H,17,19). The van der Waals surface area contributed by atoms with Crippen LogP contribution in [0, 0.1) is 5.82 Å². The van der Waals surface area contributed by atoms with E-state index in [2.05, 4.69) is 21.2 Å². The predicted octanol–water partition coefficient (Wildman–Crippen LogP) is 2.52. The number of anilines is 2. The van der Waals surface area contributed by atoms with Gasteiger partial charge in [-0.3, -0.25) is 4.79 Å². The van der Waals surface area contributed by atoms with E-state index in [1.54, 1.807) is 11.0 Å². The number of carbonyl (C=O) groups is 1. The molecule has 19 heavy (non-hydrogen) atoms. The monoisotopic (exact) mass is 331 g/mol. The Hall–Kier alpha value is -1.30. The summed E-state index contributed by atoms with van der Waals surface area (Å²) in [6.45, 7) is 6.51. The first-order valence-electron chi connectivity index (χ1n) is 6.14. The fraction of sp³-hybridized carbons (Fsp3) is 0.462. The summed E-state index contributed by atoms with van der Waals surface area (Å²) in [6.07, 6.45) is 0. The molecule has 3 N–H and O–H groups in total. The molecular formula is C13H19BrFN3O. The zero-order valence-corrected chi connectivity index (χ0v) is 12.9. The Balaban J connectivity index is 2.91. The fourth-order valence-electron chi connectivity index (χ4n) is 1.73. The van der Waals surface area contributed by atoms with Crippen LogP contribution in [0.4, 0.5) is 15.8 Å². The third-order valence-corrected chi connectivity index (χ3v) is 3.18. The molecule has 0 unspecified atom stereocenters. The number of hydrogen-bond acceptors (Lipinski definition) is 3. The van der Waals surface area contributed by atoms with Crippen molar-refractivity contribution in [1.29, 1.82) is 0 Å². The van der Waals surface area contributed by atoms with Gasteiger partial charge in [-0.25, -0.2) is 4.39 Å². The van der Waals surface area contributed by atoms with E-state index in [9.17, 15) is 9.18 Å². The lowest BCUT2D eigenvalue weighted by molar-refractivity contribution is -0.120. The van der Waals surface area contributed by atoms with Crippen LogP contribution >= 0.6 is 15.9 Å². The molecule has 0 bridgehead atoms. The lowest BCUT2D eigenvalue weighted by Crippen LogP contribution is -2.40. The lowest BCUT2D eigenvalue weighted by atomic mass is 10.2. The third kappa shape index (κ3) is 4.38. The molecule has 0 atom stereocenters. The van der Waals surface area contributed by atoms with Gasteiger partial charge in [0.1, 0.15) is 5.82 Å². The molecule has 0 saturated carbocycles. The van der Waals surface area contributed by atoms with Crippen molar-refractivity contribution in [2.45, 2.75) is 26.8 Å². The Bertz CT molecular complexity index is 465. The van der Waals surface area contributed by atoms with Gasteiger partial charge in [0.2, 0.25) is 5.91 Å². The number of benzene rings is 1. The molecule has 1 aromatic rings. The van der Waals surface area contributed by atoms with Crippen LogP contribution in [0.25, 0.3) is 0 Å². The van der Waals surface area contributed by atoms with Crippen molar-refractivity contribution >= 4 is 33.2 Å². The van der Waals surface area contributed by atoms with Crippen LogP contribution in [-0.2, 0) is 4.79 Å². The first-order chi connectivity index (χ1) is 8.85. The largest absolute Gasteiger partial charge is 0.397 e. The van der Waals surface area contributed by atoms with Crippen LogP contribution in [-0.4, -0.2) is 25.0 Å².